The molecule has 118 valence electrons. The third-order valence-electron chi connectivity index (χ3n) is 3.81. The Morgan fingerprint density at radius 3 is 2.91 bits per heavy atom. The lowest BCUT2D eigenvalue weighted by atomic mass is 10.1. The number of rotatable bonds is 6. The van der Waals surface area contributed by atoms with Crippen molar-refractivity contribution < 1.29 is 14.6 Å². The van der Waals surface area contributed by atoms with Crippen LogP contribution in [0.5, 0.6) is 5.75 Å². The predicted octanol–water partition coefficient (Wildman–Crippen LogP) is 2.99. The zero-order chi connectivity index (χ0) is 16.1. The Labute approximate surface area is 135 Å². The van der Waals surface area contributed by atoms with E-state index in [1.54, 1.807) is 18.2 Å². The van der Waals surface area contributed by atoms with Crippen LogP contribution in [0.1, 0.15) is 21.5 Å². The van der Waals surface area contributed by atoms with Gasteiger partial charge in [-0.25, -0.2) is 4.79 Å². The third-order valence-corrected chi connectivity index (χ3v) is 3.81. The van der Waals surface area contributed by atoms with Gasteiger partial charge in [-0.2, -0.15) is 0 Å². The first-order chi connectivity index (χ1) is 11.2. The van der Waals surface area contributed by atoms with Crippen LogP contribution in [0.2, 0.25) is 0 Å². The molecule has 1 aliphatic rings. The van der Waals surface area contributed by atoms with Crippen LogP contribution >= 0.6 is 0 Å². The molecule has 1 aliphatic heterocycles. The molecule has 2 aromatic rings. The Hall–Kier alpha value is -2.59. The summed E-state index contributed by atoms with van der Waals surface area (Å²) in [5.74, 6) is 0.0460. The molecule has 2 aromatic carbocycles. The second kappa shape index (κ2) is 7.11. The van der Waals surface area contributed by atoms with Gasteiger partial charge in [-0.15, -0.1) is 0 Å². The zero-order valence-corrected chi connectivity index (χ0v) is 12.8. The van der Waals surface area contributed by atoms with Crippen LogP contribution in [-0.4, -0.2) is 30.8 Å². The predicted molar refractivity (Wildman–Crippen MR) is 89.9 cm³/mol. The first-order valence-electron chi connectivity index (χ1n) is 7.66. The molecular weight excluding hydrogens is 290 g/mol. The number of hydrogen-bond donors (Lipinski definition) is 2. The maximum atomic E-state index is 11.0. The lowest BCUT2D eigenvalue weighted by Gasteiger charge is -2.18. The van der Waals surface area contributed by atoms with Gasteiger partial charge in [0.1, 0.15) is 12.4 Å². The summed E-state index contributed by atoms with van der Waals surface area (Å²) < 4.78 is 5.72. The SMILES string of the molecule is O=C(O)c1cccc(CCNCC2=Cc3ccccc3OC2)c1. The molecule has 0 bridgehead atoms. The molecule has 0 unspecified atom stereocenters. The number of carboxylic acids is 1. The first kappa shape index (κ1) is 15.3. The number of fused-ring (bicyclic) bond motifs is 1. The molecule has 0 amide bonds. The lowest BCUT2D eigenvalue weighted by Crippen LogP contribution is -2.23. The third kappa shape index (κ3) is 3.99. The number of para-hydroxylation sites is 1. The standard InChI is InChI=1S/C19H19NO3/c21-19(22)17-6-3-4-14(10-17)8-9-20-12-15-11-16-5-1-2-7-18(16)23-13-15/h1-7,10-11,20H,8-9,12-13H2,(H,21,22). The van der Waals surface area contributed by atoms with Gasteiger partial charge in [-0.3, -0.25) is 0 Å². The van der Waals surface area contributed by atoms with E-state index in [9.17, 15) is 4.79 Å². The number of ether oxygens (including phenoxy) is 1. The van der Waals surface area contributed by atoms with Crippen molar-refractivity contribution in [1.29, 1.82) is 0 Å². The van der Waals surface area contributed by atoms with E-state index in [1.807, 2.05) is 30.3 Å². The van der Waals surface area contributed by atoms with E-state index in [1.165, 1.54) is 5.57 Å². The summed E-state index contributed by atoms with van der Waals surface area (Å²) in [6.07, 6.45) is 2.96. The number of nitrogens with one attached hydrogen (secondary N) is 1. The normalized spacial score (nSPS) is 13.0. The van der Waals surface area contributed by atoms with Crippen molar-refractivity contribution >= 4 is 12.0 Å². The van der Waals surface area contributed by atoms with Gasteiger partial charge in [0.25, 0.3) is 0 Å². The maximum absolute atomic E-state index is 11.0. The van der Waals surface area contributed by atoms with Gasteiger partial charge in [0.15, 0.2) is 0 Å². The summed E-state index contributed by atoms with van der Waals surface area (Å²) in [5.41, 5.74) is 3.69. The molecule has 0 saturated heterocycles. The van der Waals surface area contributed by atoms with Crippen LogP contribution in [0, 0.1) is 0 Å². The van der Waals surface area contributed by atoms with Crippen molar-refractivity contribution in [3.8, 4) is 5.75 Å². The van der Waals surface area contributed by atoms with Crippen molar-refractivity contribution in [1.82, 2.24) is 5.32 Å². The van der Waals surface area contributed by atoms with Gasteiger partial charge < -0.3 is 15.2 Å². The molecule has 3 rings (SSSR count). The Bertz CT molecular complexity index is 737. The number of hydrogen-bond acceptors (Lipinski definition) is 3. The summed E-state index contributed by atoms with van der Waals surface area (Å²) in [7, 11) is 0. The molecule has 0 fully saturated rings. The Balaban J connectivity index is 1.50. The van der Waals surface area contributed by atoms with E-state index < -0.39 is 5.97 Å². The zero-order valence-electron chi connectivity index (χ0n) is 12.8. The highest BCUT2D eigenvalue weighted by Crippen LogP contribution is 2.25. The van der Waals surface area contributed by atoms with Crippen LogP contribution < -0.4 is 10.1 Å². The molecule has 23 heavy (non-hydrogen) atoms. The summed E-state index contributed by atoms with van der Waals surface area (Å²) >= 11 is 0. The maximum Gasteiger partial charge on any atom is 0.335 e. The van der Waals surface area contributed by atoms with Crippen molar-refractivity contribution in [3.63, 3.8) is 0 Å². The Kier molecular flexibility index (Phi) is 4.74. The minimum Gasteiger partial charge on any atom is -0.489 e. The minimum atomic E-state index is -0.886. The van der Waals surface area contributed by atoms with Gasteiger partial charge >= 0.3 is 5.97 Å². The number of carboxylic acid groups (broad SMARTS) is 1. The van der Waals surface area contributed by atoms with Crippen LogP contribution in [0.4, 0.5) is 0 Å². The van der Waals surface area contributed by atoms with Crippen molar-refractivity contribution in [2.75, 3.05) is 19.7 Å². The molecule has 0 aliphatic carbocycles. The fourth-order valence-electron chi connectivity index (χ4n) is 2.61. The smallest absolute Gasteiger partial charge is 0.335 e. The van der Waals surface area contributed by atoms with Gasteiger partial charge in [0.2, 0.25) is 0 Å². The van der Waals surface area contributed by atoms with Crippen molar-refractivity contribution in [2.24, 2.45) is 0 Å². The number of benzene rings is 2. The van der Waals surface area contributed by atoms with E-state index in [0.717, 1.165) is 36.4 Å². The lowest BCUT2D eigenvalue weighted by molar-refractivity contribution is 0.0696. The van der Waals surface area contributed by atoms with Gasteiger partial charge in [0, 0.05) is 12.1 Å². The summed E-state index contributed by atoms with van der Waals surface area (Å²) in [6.45, 7) is 2.17. The second-order valence-electron chi connectivity index (χ2n) is 5.56. The van der Waals surface area contributed by atoms with E-state index >= 15 is 0 Å². The largest absolute Gasteiger partial charge is 0.489 e. The van der Waals surface area contributed by atoms with Gasteiger partial charge in [-0.05, 0) is 48.4 Å². The Morgan fingerprint density at radius 1 is 1.17 bits per heavy atom. The fraction of sp³-hybridized carbons (Fsp3) is 0.211. The average Bonchev–Trinajstić information content (AvgIpc) is 2.59. The highest BCUT2D eigenvalue weighted by Gasteiger charge is 2.10. The molecule has 0 spiro atoms. The molecule has 4 nitrogen and oxygen atoms in total. The monoisotopic (exact) mass is 309 g/mol. The number of carbonyl (C=O) groups is 1. The summed E-state index contributed by atoms with van der Waals surface area (Å²) in [6, 6.07) is 15.1. The van der Waals surface area contributed by atoms with E-state index in [4.69, 9.17) is 9.84 Å². The number of aromatic carboxylic acids is 1. The summed E-state index contributed by atoms with van der Waals surface area (Å²) in [4.78, 5) is 11.0. The van der Waals surface area contributed by atoms with Crippen molar-refractivity contribution in [3.05, 3.63) is 70.8 Å². The molecule has 2 N–H and O–H groups in total. The fourth-order valence-corrected chi connectivity index (χ4v) is 2.61. The molecular formula is C19H19NO3. The van der Waals surface area contributed by atoms with Gasteiger partial charge in [-0.1, -0.05) is 30.3 Å². The van der Waals surface area contributed by atoms with Crippen LogP contribution in [0.3, 0.4) is 0 Å². The highest BCUT2D eigenvalue weighted by molar-refractivity contribution is 5.87. The van der Waals surface area contributed by atoms with Gasteiger partial charge in [0.05, 0.1) is 5.56 Å². The van der Waals surface area contributed by atoms with E-state index in [2.05, 4.69) is 11.4 Å². The topological polar surface area (TPSA) is 58.6 Å². The molecule has 4 heteroatoms. The molecule has 0 atom stereocenters. The average molecular weight is 309 g/mol. The first-order valence-corrected chi connectivity index (χ1v) is 7.66. The Morgan fingerprint density at radius 2 is 2.04 bits per heavy atom. The van der Waals surface area contributed by atoms with Crippen LogP contribution in [0.15, 0.2) is 54.1 Å². The second-order valence-corrected chi connectivity index (χ2v) is 5.56. The quantitative estimate of drug-likeness (QED) is 0.805. The van der Waals surface area contributed by atoms with Crippen LogP contribution in [0.25, 0.3) is 6.08 Å². The molecule has 1 heterocycles. The van der Waals surface area contributed by atoms with E-state index in [0.29, 0.717) is 12.2 Å². The molecule has 0 aromatic heterocycles. The van der Waals surface area contributed by atoms with E-state index in [-0.39, 0.29) is 0 Å². The minimum absolute atomic E-state index is 0.336. The summed E-state index contributed by atoms with van der Waals surface area (Å²) in [5, 5.41) is 12.4. The van der Waals surface area contributed by atoms with Crippen molar-refractivity contribution in [2.45, 2.75) is 6.42 Å². The van der Waals surface area contributed by atoms with Crippen LogP contribution in [-0.2, 0) is 6.42 Å². The highest BCUT2D eigenvalue weighted by atomic mass is 16.5. The molecule has 0 saturated carbocycles. The molecule has 0 radical (unpaired) electrons.